The number of rotatable bonds is 1. The monoisotopic (exact) mass is 175 g/mol. The first-order valence-corrected chi connectivity index (χ1v) is 3.65. The molecule has 1 unspecified atom stereocenters. The molecule has 1 nitrogen and oxygen atoms in total. The van der Waals surface area contributed by atoms with Gasteiger partial charge in [-0.25, -0.2) is 4.99 Å². The van der Waals surface area contributed by atoms with Gasteiger partial charge in [0.1, 0.15) is 10.0 Å². The SMILES string of the molecule is C=CC1(Cl)C=NC(Cl)=CC1. The van der Waals surface area contributed by atoms with Crippen molar-refractivity contribution in [2.24, 2.45) is 4.99 Å². The highest BCUT2D eigenvalue weighted by Gasteiger charge is 2.21. The van der Waals surface area contributed by atoms with Gasteiger partial charge in [-0.15, -0.1) is 18.2 Å². The molecule has 0 spiro atoms. The van der Waals surface area contributed by atoms with Crippen LogP contribution in [-0.2, 0) is 0 Å². The summed E-state index contributed by atoms with van der Waals surface area (Å²) in [4.78, 5) is 3.34. The Balaban J connectivity index is 2.76. The first-order chi connectivity index (χ1) is 4.66. The lowest BCUT2D eigenvalue weighted by molar-refractivity contribution is 0.922. The molecular formula is C7H7Cl2N. The Morgan fingerprint density at radius 1 is 1.80 bits per heavy atom. The quantitative estimate of drug-likeness (QED) is 0.331. The average Bonchev–Trinajstić information content (AvgIpc) is 1.96. The van der Waals surface area contributed by atoms with Crippen molar-refractivity contribution < 1.29 is 0 Å². The molecule has 0 aromatic carbocycles. The lowest BCUT2D eigenvalue weighted by Crippen LogP contribution is -2.20. The highest BCUT2D eigenvalue weighted by Crippen LogP contribution is 2.25. The van der Waals surface area contributed by atoms with E-state index in [2.05, 4.69) is 11.6 Å². The third kappa shape index (κ3) is 1.61. The fourth-order valence-electron chi connectivity index (χ4n) is 0.651. The minimum absolute atomic E-state index is 0.498. The van der Waals surface area contributed by atoms with Crippen molar-refractivity contribution >= 4 is 29.4 Å². The summed E-state index contributed by atoms with van der Waals surface area (Å²) >= 11 is 11.5. The Morgan fingerprint density at radius 2 is 2.50 bits per heavy atom. The van der Waals surface area contributed by atoms with Crippen LogP contribution >= 0.6 is 23.2 Å². The molecule has 0 saturated carbocycles. The maximum absolute atomic E-state index is 5.95. The number of halogens is 2. The summed E-state index contributed by atoms with van der Waals surface area (Å²) in [7, 11) is 0. The van der Waals surface area contributed by atoms with E-state index in [4.69, 9.17) is 23.2 Å². The molecule has 0 aliphatic carbocycles. The average molecular weight is 176 g/mol. The topological polar surface area (TPSA) is 12.4 Å². The Morgan fingerprint density at radius 3 is 2.90 bits per heavy atom. The van der Waals surface area contributed by atoms with Gasteiger partial charge < -0.3 is 0 Å². The summed E-state index contributed by atoms with van der Waals surface area (Å²) in [5, 5.41) is 0.498. The molecule has 1 rings (SSSR count). The second-order valence-electron chi connectivity index (χ2n) is 2.12. The van der Waals surface area contributed by atoms with E-state index in [0.29, 0.717) is 11.6 Å². The largest absolute Gasteiger partial charge is 0.247 e. The fourth-order valence-corrected chi connectivity index (χ4v) is 0.903. The summed E-state index contributed by atoms with van der Waals surface area (Å²) in [6, 6.07) is 0. The van der Waals surface area contributed by atoms with Crippen molar-refractivity contribution in [1.82, 2.24) is 0 Å². The molecular weight excluding hydrogens is 169 g/mol. The number of alkyl halides is 1. The molecule has 0 aromatic rings. The van der Waals surface area contributed by atoms with Crippen LogP contribution in [0.5, 0.6) is 0 Å². The minimum Gasteiger partial charge on any atom is -0.247 e. The highest BCUT2D eigenvalue weighted by atomic mass is 35.5. The number of hydrogen-bond acceptors (Lipinski definition) is 1. The fraction of sp³-hybridized carbons (Fsp3) is 0.286. The van der Waals surface area contributed by atoms with E-state index in [1.807, 2.05) is 0 Å². The summed E-state index contributed by atoms with van der Waals surface area (Å²) < 4.78 is 0. The zero-order valence-electron chi connectivity index (χ0n) is 5.35. The molecule has 0 amide bonds. The van der Waals surface area contributed by atoms with Gasteiger partial charge in [0.2, 0.25) is 0 Å². The molecule has 0 bridgehead atoms. The molecule has 0 radical (unpaired) electrons. The van der Waals surface area contributed by atoms with E-state index < -0.39 is 4.87 Å². The van der Waals surface area contributed by atoms with Crippen molar-refractivity contribution in [3.63, 3.8) is 0 Å². The summed E-state index contributed by atoms with van der Waals surface area (Å²) in [6.07, 6.45) is 5.69. The van der Waals surface area contributed by atoms with Gasteiger partial charge in [-0.2, -0.15) is 0 Å². The van der Waals surface area contributed by atoms with Gasteiger partial charge in [0.05, 0.1) is 0 Å². The minimum atomic E-state index is -0.515. The standard InChI is InChI=1S/C7H7Cl2N/c1-2-7(9)4-3-6(8)10-5-7/h2-3,5H,1,4H2. The maximum atomic E-state index is 5.95. The summed E-state index contributed by atoms with van der Waals surface area (Å²) in [5.74, 6) is 0. The first kappa shape index (κ1) is 7.83. The van der Waals surface area contributed by atoms with Crippen LogP contribution < -0.4 is 0 Å². The zero-order chi connectivity index (χ0) is 7.61. The molecule has 0 N–H and O–H groups in total. The van der Waals surface area contributed by atoms with Crippen molar-refractivity contribution in [3.05, 3.63) is 23.9 Å². The van der Waals surface area contributed by atoms with Gasteiger partial charge in [0, 0.05) is 6.21 Å². The van der Waals surface area contributed by atoms with E-state index in [1.54, 1.807) is 18.4 Å². The Kier molecular flexibility index (Phi) is 2.17. The van der Waals surface area contributed by atoms with E-state index in [0.717, 1.165) is 0 Å². The maximum Gasteiger partial charge on any atom is 0.124 e. The number of allylic oxidation sites excluding steroid dienone is 2. The summed E-state index contributed by atoms with van der Waals surface area (Å²) in [6.45, 7) is 3.59. The molecule has 0 fully saturated rings. The normalized spacial score (nSPS) is 31.6. The molecule has 10 heavy (non-hydrogen) atoms. The zero-order valence-corrected chi connectivity index (χ0v) is 6.86. The second-order valence-corrected chi connectivity index (χ2v) is 3.21. The van der Waals surface area contributed by atoms with Crippen LogP contribution in [-0.4, -0.2) is 11.1 Å². The molecule has 1 atom stereocenters. The van der Waals surface area contributed by atoms with Crippen LogP contribution in [0.4, 0.5) is 0 Å². The van der Waals surface area contributed by atoms with Gasteiger partial charge in [-0.1, -0.05) is 17.7 Å². The third-order valence-electron chi connectivity index (χ3n) is 1.33. The number of hydrogen-bond donors (Lipinski definition) is 0. The number of nitrogens with zero attached hydrogens (tertiary/aromatic N) is 1. The van der Waals surface area contributed by atoms with Crippen LogP contribution in [0.15, 0.2) is 28.9 Å². The molecule has 3 heteroatoms. The van der Waals surface area contributed by atoms with Crippen molar-refractivity contribution in [3.8, 4) is 0 Å². The molecule has 0 saturated heterocycles. The van der Waals surface area contributed by atoms with Crippen LogP contribution in [0.25, 0.3) is 0 Å². The van der Waals surface area contributed by atoms with Crippen molar-refractivity contribution in [1.29, 1.82) is 0 Å². The molecule has 1 heterocycles. The van der Waals surface area contributed by atoms with Crippen LogP contribution in [0.3, 0.4) is 0 Å². The van der Waals surface area contributed by atoms with Crippen LogP contribution in [0.1, 0.15) is 6.42 Å². The molecule has 1 aliphatic rings. The van der Waals surface area contributed by atoms with Crippen molar-refractivity contribution in [2.45, 2.75) is 11.3 Å². The highest BCUT2D eigenvalue weighted by molar-refractivity contribution is 6.36. The summed E-state index contributed by atoms with van der Waals surface area (Å²) in [5.41, 5.74) is 0. The predicted molar refractivity (Wildman–Crippen MR) is 45.8 cm³/mol. The van der Waals surface area contributed by atoms with Gasteiger partial charge in [0.15, 0.2) is 0 Å². The Labute approximate surface area is 70.0 Å². The van der Waals surface area contributed by atoms with E-state index in [-0.39, 0.29) is 0 Å². The Bertz CT molecular complexity index is 208. The molecule has 0 aromatic heterocycles. The first-order valence-electron chi connectivity index (χ1n) is 2.90. The van der Waals surface area contributed by atoms with E-state index in [9.17, 15) is 0 Å². The second kappa shape index (κ2) is 2.77. The van der Waals surface area contributed by atoms with Crippen LogP contribution in [0.2, 0.25) is 0 Å². The third-order valence-corrected chi connectivity index (χ3v) is 1.98. The predicted octanol–water partition coefficient (Wildman–Crippen LogP) is 2.70. The molecule has 1 aliphatic heterocycles. The van der Waals surface area contributed by atoms with Crippen molar-refractivity contribution in [2.75, 3.05) is 0 Å². The van der Waals surface area contributed by atoms with E-state index >= 15 is 0 Å². The molecule has 54 valence electrons. The van der Waals surface area contributed by atoms with Gasteiger partial charge in [-0.3, -0.25) is 0 Å². The van der Waals surface area contributed by atoms with Gasteiger partial charge >= 0.3 is 0 Å². The smallest absolute Gasteiger partial charge is 0.124 e. The number of aliphatic imine (C=N–C) groups is 1. The van der Waals surface area contributed by atoms with Gasteiger partial charge in [-0.05, 0) is 12.5 Å². The lowest BCUT2D eigenvalue weighted by atomic mass is 10.1. The van der Waals surface area contributed by atoms with E-state index in [1.165, 1.54) is 0 Å². The lowest BCUT2D eigenvalue weighted by Gasteiger charge is -2.17. The van der Waals surface area contributed by atoms with Crippen LogP contribution in [0, 0.1) is 0 Å². The van der Waals surface area contributed by atoms with Gasteiger partial charge in [0.25, 0.3) is 0 Å². The Hall–Kier alpha value is -0.270.